The van der Waals surface area contributed by atoms with E-state index in [0.717, 1.165) is 31.2 Å². The quantitative estimate of drug-likeness (QED) is 0.740. The summed E-state index contributed by atoms with van der Waals surface area (Å²) in [5, 5.41) is 2.97. The molecule has 3 rings (SSSR count). The lowest BCUT2D eigenvalue weighted by atomic mass is 9.95. The van der Waals surface area contributed by atoms with E-state index < -0.39 is 18.0 Å². The van der Waals surface area contributed by atoms with Gasteiger partial charge in [-0.1, -0.05) is 25.3 Å². The summed E-state index contributed by atoms with van der Waals surface area (Å²) in [5.74, 6) is -0.962. The van der Waals surface area contributed by atoms with Gasteiger partial charge in [0.05, 0.1) is 18.7 Å². The average molecular weight is 402 g/mol. The minimum atomic E-state index is -0.873. The van der Waals surface area contributed by atoms with Gasteiger partial charge in [-0.25, -0.2) is 0 Å². The van der Waals surface area contributed by atoms with E-state index in [1.807, 2.05) is 19.1 Å². The summed E-state index contributed by atoms with van der Waals surface area (Å²) in [6.07, 6.45) is 4.56. The fourth-order valence-corrected chi connectivity index (χ4v) is 4.00. The number of nitrogens with zero attached hydrogens (tertiary/aromatic N) is 1. The highest BCUT2D eigenvalue weighted by molar-refractivity contribution is 6.00. The highest BCUT2D eigenvalue weighted by Crippen LogP contribution is 2.34. The van der Waals surface area contributed by atoms with Gasteiger partial charge in [0.15, 0.2) is 6.10 Å². The fraction of sp³-hybridized carbons (Fsp3) is 0.591. The molecule has 0 aromatic heterocycles. The summed E-state index contributed by atoms with van der Waals surface area (Å²) in [7, 11) is 1.55. The van der Waals surface area contributed by atoms with Gasteiger partial charge in [0.25, 0.3) is 5.91 Å². The first-order valence-electron chi connectivity index (χ1n) is 10.3. The standard InChI is InChI=1S/C22H30N2O5/c1-14-9-10-19(28-3)18(11-14)24-13-16(12-20(24)25)22(27)29-15(2)21(26)23-17-7-5-4-6-8-17/h9-11,15-17H,4-8,12-13H2,1-3H3,(H,23,26)/t15-,16-/m0/s1. The molecule has 2 atom stereocenters. The monoisotopic (exact) mass is 402 g/mol. The summed E-state index contributed by atoms with van der Waals surface area (Å²) in [6.45, 7) is 3.73. The Balaban J connectivity index is 1.58. The number of ether oxygens (including phenoxy) is 2. The molecule has 2 fully saturated rings. The molecule has 7 nitrogen and oxygen atoms in total. The number of methoxy groups -OCH3 is 1. The van der Waals surface area contributed by atoms with E-state index in [-0.39, 0.29) is 30.8 Å². The number of hydrogen-bond donors (Lipinski definition) is 1. The molecule has 1 N–H and O–H groups in total. The number of carbonyl (C=O) groups excluding carboxylic acids is 3. The molecule has 158 valence electrons. The van der Waals surface area contributed by atoms with Crippen LogP contribution in [0.1, 0.15) is 51.0 Å². The molecule has 1 heterocycles. The molecule has 1 aliphatic heterocycles. The molecule has 7 heteroatoms. The van der Waals surface area contributed by atoms with Crippen LogP contribution in [0.5, 0.6) is 5.75 Å². The lowest BCUT2D eigenvalue weighted by Gasteiger charge is -2.24. The van der Waals surface area contributed by atoms with E-state index in [0.29, 0.717) is 11.4 Å². The molecule has 2 amide bonds. The Morgan fingerprint density at radius 3 is 2.62 bits per heavy atom. The van der Waals surface area contributed by atoms with Crippen LogP contribution in [0.3, 0.4) is 0 Å². The van der Waals surface area contributed by atoms with Crippen LogP contribution in [-0.4, -0.2) is 43.6 Å². The molecule has 2 aliphatic rings. The van der Waals surface area contributed by atoms with Crippen molar-refractivity contribution >= 4 is 23.5 Å². The molecule has 0 radical (unpaired) electrons. The minimum Gasteiger partial charge on any atom is -0.495 e. The van der Waals surface area contributed by atoms with Crippen molar-refractivity contribution in [1.82, 2.24) is 5.32 Å². The molecule has 1 aliphatic carbocycles. The minimum absolute atomic E-state index is 0.0624. The first-order valence-corrected chi connectivity index (χ1v) is 10.3. The van der Waals surface area contributed by atoms with Crippen molar-refractivity contribution < 1.29 is 23.9 Å². The number of hydrogen-bond acceptors (Lipinski definition) is 5. The highest BCUT2D eigenvalue weighted by Gasteiger charge is 2.38. The van der Waals surface area contributed by atoms with Gasteiger partial charge in [-0.3, -0.25) is 14.4 Å². The Morgan fingerprint density at radius 2 is 1.93 bits per heavy atom. The Hall–Kier alpha value is -2.57. The van der Waals surface area contributed by atoms with E-state index in [2.05, 4.69) is 5.32 Å². The van der Waals surface area contributed by atoms with Gasteiger partial charge < -0.3 is 19.7 Å². The zero-order valence-corrected chi connectivity index (χ0v) is 17.4. The topological polar surface area (TPSA) is 84.9 Å². The number of esters is 1. The van der Waals surface area contributed by atoms with Crippen molar-refractivity contribution in [2.24, 2.45) is 5.92 Å². The third-order valence-corrected chi connectivity index (χ3v) is 5.70. The van der Waals surface area contributed by atoms with E-state index in [4.69, 9.17) is 9.47 Å². The fourth-order valence-electron chi connectivity index (χ4n) is 4.00. The maximum atomic E-state index is 12.6. The Kier molecular flexibility index (Phi) is 6.77. The van der Waals surface area contributed by atoms with Gasteiger partial charge in [0.1, 0.15) is 5.75 Å². The molecular weight excluding hydrogens is 372 g/mol. The first-order chi connectivity index (χ1) is 13.9. The van der Waals surface area contributed by atoms with Crippen molar-refractivity contribution in [3.8, 4) is 5.75 Å². The molecule has 0 unspecified atom stereocenters. The Labute approximate surface area is 171 Å². The van der Waals surface area contributed by atoms with Crippen LogP contribution in [0.4, 0.5) is 5.69 Å². The molecular formula is C22H30N2O5. The molecule has 0 spiro atoms. The summed E-state index contributed by atoms with van der Waals surface area (Å²) in [6, 6.07) is 5.74. The van der Waals surface area contributed by atoms with E-state index >= 15 is 0 Å². The molecule has 0 bridgehead atoms. The van der Waals surface area contributed by atoms with Crippen LogP contribution in [0.25, 0.3) is 0 Å². The Bertz CT molecular complexity index is 772. The van der Waals surface area contributed by atoms with Crippen LogP contribution in [0.2, 0.25) is 0 Å². The van der Waals surface area contributed by atoms with Crippen LogP contribution in [0, 0.1) is 12.8 Å². The molecule has 1 saturated carbocycles. The average Bonchev–Trinajstić information content (AvgIpc) is 3.10. The SMILES string of the molecule is COc1ccc(C)cc1N1C[C@@H](C(=O)O[C@@H](C)C(=O)NC2CCCCC2)CC1=O. The summed E-state index contributed by atoms with van der Waals surface area (Å²) < 4.78 is 10.8. The second-order valence-corrected chi connectivity index (χ2v) is 8.00. The summed E-state index contributed by atoms with van der Waals surface area (Å²) >= 11 is 0. The van der Waals surface area contributed by atoms with Gasteiger partial charge in [-0.2, -0.15) is 0 Å². The Morgan fingerprint density at radius 1 is 1.21 bits per heavy atom. The smallest absolute Gasteiger partial charge is 0.312 e. The van der Waals surface area contributed by atoms with Crippen molar-refractivity contribution in [2.75, 3.05) is 18.6 Å². The van der Waals surface area contributed by atoms with Crippen LogP contribution >= 0.6 is 0 Å². The predicted octanol–water partition coefficient (Wildman–Crippen LogP) is 2.74. The van der Waals surface area contributed by atoms with Gasteiger partial charge in [0, 0.05) is 19.0 Å². The lowest BCUT2D eigenvalue weighted by molar-refractivity contribution is -0.158. The summed E-state index contributed by atoms with van der Waals surface area (Å²) in [5.41, 5.74) is 1.64. The zero-order chi connectivity index (χ0) is 21.0. The van der Waals surface area contributed by atoms with Gasteiger partial charge in [0.2, 0.25) is 5.91 Å². The molecule has 1 aromatic rings. The highest BCUT2D eigenvalue weighted by atomic mass is 16.5. The van der Waals surface area contributed by atoms with Gasteiger partial charge in [-0.15, -0.1) is 0 Å². The number of benzene rings is 1. The predicted molar refractivity (Wildman–Crippen MR) is 109 cm³/mol. The van der Waals surface area contributed by atoms with Crippen LogP contribution in [-0.2, 0) is 19.1 Å². The van der Waals surface area contributed by atoms with Gasteiger partial charge >= 0.3 is 5.97 Å². The van der Waals surface area contributed by atoms with Crippen LogP contribution < -0.4 is 15.0 Å². The maximum absolute atomic E-state index is 12.6. The molecule has 1 saturated heterocycles. The number of nitrogens with one attached hydrogen (secondary N) is 1. The first kappa shape index (κ1) is 21.1. The largest absolute Gasteiger partial charge is 0.495 e. The third-order valence-electron chi connectivity index (χ3n) is 5.70. The van der Waals surface area contributed by atoms with Gasteiger partial charge in [-0.05, 0) is 44.4 Å². The lowest BCUT2D eigenvalue weighted by Crippen LogP contribution is -2.43. The number of carbonyl (C=O) groups is 3. The molecule has 1 aromatic carbocycles. The summed E-state index contributed by atoms with van der Waals surface area (Å²) in [4.78, 5) is 39.0. The normalized spacial score (nSPS) is 21.0. The number of rotatable bonds is 6. The van der Waals surface area contributed by atoms with Crippen molar-refractivity contribution in [2.45, 2.75) is 64.5 Å². The van der Waals surface area contributed by atoms with E-state index in [1.165, 1.54) is 6.42 Å². The van der Waals surface area contributed by atoms with Crippen LogP contribution in [0.15, 0.2) is 18.2 Å². The number of aryl methyl sites for hydroxylation is 1. The third kappa shape index (κ3) is 5.08. The second-order valence-electron chi connectivity index (χ2n) is 8.00. The molecule has 29 heavy (non-hydrogen) atoms. The van der Waals surface area contributed by atoms with E-state index in [9.17, 15) is 14.4 Å². The van der Waals surface area contributed by atoms with Crippen molar-refractivity contribution in [3.63, 3.8) is 0 Å². The number of amides is 2. The zero-order valence-electron chi connectivity index (χ0n) is 17.4. The number of anilines is 1. The van der Waals surface area contributed by atoms with E-state index in [1.54, 1.807) is 25.0 Å². The van der Waals surface area contributed by atoms with Crippen molar-refractivity contribution in [1.29, 1.82) is 0 Å². The maximum Gasteiger partial charge on any atom is 0.312 e. The van der Waals surface area contributed by atoms with Crippen molar-refractivity contribution in [3.05, 3.63) is 23.8 Å². The second kappa shape index (κ2) is 9.29.